The molecule has 1 fully saturated rings. The van der Waals surface area contributed by atoms with Crippen LogP contribution in [0.4, 0.5) is 4.79 Å². The van der Waals surface area contributed by atoms with Crippen molar-refractivity contribution < 1.29 is 4.79 Å². The lowest BCUT2D eigenvalue weighted by atomic mass is 10.5. The second-order valence-electron chi connectivity index (χ2n) is 2.76. The van der Waals surface area contributed by atoms with E-state index in [-0.39, 0.29) is 0 Å². The summed E-state index contributed by atoms with van der Waals surface area (Å²) < 4.78 is 0. The molecule has 13 heavy (non-hydrogen) atoms. The van der Waals surface area contributed by atoms with Gasteiger partial charge < -0.3 is 5.73 Å². The maximum absolute atomic E-state index is 10.7. The molecule has 1 heterocycles. The number of amides is 2. The van der Waals surface area contributed by atoms with Crippen molar-refractivity contribution in [2.24, 2.45) is 5.73 Å². The van der Waals surface area contributed by atoms with Gasteiger partial charge in [0.1, 0.15) is 0 Å². The van der Waals surface area contributed by atoms with Gasteiger partial charge in [-0.3, -0.25) is 21.3 Å². The van der Waals surface area contributed by atoms with E-state index >= 15 is 0 Å². The van der Waals surface area contributed by atoms with Gasteiger partial charge in [-0.2, -0.15) is 0 Å². The molecule has 1 aliphatic heterocycles. The minimum atomic E-state index is -0.778. The second-order valence-corrected chi connectivity index (χ2v) is 2.76. The summed E-state index contributed by atoms with van der Waals surface area (Å²) in [4.78, 5) is 10.7. The third-order valence-electron chi connectivity index (χ3n) is 1.73. The van der Waals surface area contributed by atoms with E-state index in [0.717, 1.165) is 13.1 Å². The van der Waals surface area contributed by atoms with Crippen molar-refractivity contribution in [1.29, 1.82) is 0 Å². The lowest BCUT2D eigenvalue weighted by molar-refractivity contribution is 0.195. The highest BCUT2D eigenvalue weighted by atomic mass is 16.2. The van der Waals surface area contributed by atoms with Crippen LogP contribution in [-0.2, 0) is 0 Å². The van der Waals surface area contributed by atoms with Crippen LogP contribution < -0.4 is 27.0 Å². The fourth-order valence-electron chi connectivity index (χ4n) is 1.23. The normalized spacial score (nSPS) is 19.7. The van der Waals surface area contributed by atoms with Gasteiger partial charge >= 0.3 is 6.03 Å². The molecular formula is C7H15N5O. The largest absolute Gasteiger partial charge is 0.352 e. The Bertz CT molecular complexity index is 199. The summed E-state index contributed by atoms with van der Waals surface area (Å²) in [6.45, 7) is 5.68. The van der Waals surface area contributed by atoms with Gasteiger partial charge in [-0.05, 0) is 0 Å². The summed E-state index contributed by atoms with van der Waals surface area (Å²) in [7, 11) is 0. The van der Waals surface area contributed by atoms with Crippen LogP contribution in [0.2, 0.25) is 0 Å². The van der Waals surface area contributed by atoms with Crippen molar-refractivity contribution in [2.45, 2.75) is 5.91 Å². The average Bonchev–Trinajstić information content (AvgIpc) is 2.49. The number of nitrogens with two attached hydrogens (primary N) is 1. The molecule has 0 aromatic rings. The topological polar surface area (TPSA) is 91.2 Å². The predicted molar refractivity (Wildman–Crippen MR) is 49.7 cm³/mol. The maximum atomic E-state index is 10.7. The van der Waals surface area contributed by atoms with Crippen LogP contribution >= 0.6 is 0 Å². The summed E-state index contributed by atoms with van der Waals surface area (Å²) in [5, 5.41) is 11.7. The number of primary amides is 1. The fourth-order valence-corrected chi connectivity index (χ4v) is 1.23. The third kappa shape index (κ3) is 2.69. The van der Waals surface area contributed by atoms with Crippen molar-refractivity contribution in [1.82, 2.24) is 21.3 Å². The van der Waals surface area contributed by atoms with Gasteiger partial charge in [-0.1, -0.05) is 6.08 Å². The minimum absolute atomic E-state index is 0.570. The van der Waals surface area contributed by atoms with E-state index < -0.39 is 11.9 Å². The number of rotatable bonds is 4. The number of urea groups is 1. The van der Waals surface area contributed by atoms with Gasteiger partial charge in [0.25, 0.3) is 0 Å². The van der Waals surface area contributed by atoms with Crippen LogP contribution in [0.25, 0.3) is 0 Å². The van der Waals surface area contributed by atoms with Gasteiger partial charge in [0, 0.05) is 19.6 Å². The first-order valence-corrected chi connectivity index (χ1v) is 4.12. The summed E-state index contributed by atoms with van der Waals surface area (Å²) in [5.74, 6) is -0.778. The molecule has 0 aromatic carbocycles. The Hall–Kier alpha value is -1.11. The molecule has 0 aromatic heterocycles. The third-order valence-corrected chi connectivity index (χ3v) is 1.73. The van der Waals surface area contributed by atoms with Gasteiger partial charge in [-0.25, -0.2) is 4.79 Å². The highest BCUT2D eigenvalue weighted by molar-refractivity contribution is 5.72. The zero-order chi connectivity index (χ0) is 9.73. The lowest BCUT2D eigenvalue weighted by Crippen LogP contribution is -2.72. The number of nitrogens with one attached hydrogen (secondary N) is 4. The van der Waals surface area contributed by atoms with E-state index in [4.69, 9.17) is 5.73 Å². The predicted octanol–water partition coefficient (Wildman–Crippen LogP) is -1.77. The van der Waals surface area contributed by atoms with Crippen LogP contribution in [-0.4, -0.2) is 31.6 Å². The molecule has 1 rings (SSSR count). The molecule has 6 heteroatoms. The maximum Gasteiger partial charge on any atom is 0.315 e. The molecule has 2 amide bonds. The second kappa shape index (κ2) is 4.22. The van der Waals surface area contributed by atoms with Crippen molar-refractivity contribution in [3.8, 4) is 0 Å². The van der Waals surface area contributed by atoms with Crippen LogP contribution in [0.3, 0.4) is 0 Å². The van der Waals surface area contributed by atoms with Gasteiger partial charge in [-0.15, -0.1) is 6.58 Å². The Kier molecular flexibility index (Phi) is 3.24. The molecule has 0 aliphatic carbocycles. The first-order valence-electron chi connectivity index (χ1n) is 4.12. The van der Waals surface area contributed by atoms with Crippen LogP contribution in [0.15, 0.2) is 12.7 Å². The monoisotopic (exact) mass is 185 g/mol. The Morgan fingerprint density at radius 3 is 2.69 bits per heavy atom. The number of carbonyl (C=O) groups excluding carboxylic acids is 1. The van der Waals surface area contributed by atoms with Crippen molar-refractivity contribution in [3.05, 3.63) is 12.7 Å². The Morgan fingerprint density at radius 1 is 1.62 bits per heavy atom. The smallest absolute Gasteiger partial charge is 0.315 e. The van der Waals surface area contributed by atoms with Gasteiger partial charge in [0.2, 0.25) is 5.91 Å². The van der Waals surface area contributed by atoms with E-state index in [1.54, 1.807) is 6.08 Å². The molecular weight excluding hydrogens is 170 g/mol. The van der Waals surface area contributed by atoms with E-state index in [0.29, 0.717) is 6.54 Å². The Morgan fingerprint density at radius 2 is 2.23 bits per heavy atom. The SMILES string of the molecule is C=CCNC1(NC(N)=O)NCCN1. The highest BCUT2D eigenvalue weighted by Crippen LogP contribution is 1.94. The first kappa shape index (κ1) is 9.97. The standard InChI is InChI=1S/C7H15N5O/c1-2-3-9-7(12-6(8)13)10-4-5-11-7/h2,9-11H,1,3-5H2,(H3,8,12,13). The van der Waals surface area contributed by atoms with Crippen LogP contribution in [0.1, 0.15) is 0 Å². The van der Waals surface area contributed by atoms with Crippen molar-refractivity contribution in [2.75, 3.05) is 19.6 Å². The van der Waals surface area contributed by atoms with Crippen molar-refractivity contribution >= 4 is 6.03 Å². The number of carbonyl (C=O) groups is 1. The molecule has 0 radical (unpaired) electrons. The van der Waals surface area contributed by atoms with Crippen LogP contribution in [0.5, 0.6) is 0 Å². The number of hydrogen-bond donors (Lipinski definition) is 5. The average molecular weight is 185 g/mol. The summed E-state index contributed by atoms with van der Waals surface area (Å²) in [6, 6.07) is -0.585. The molecule has 1 saturated heterocycles. The highest BCUT2D eigenvalue weighted by Gasteiger charge is 2.32. The molecule has 74 valence electrons. The van der Waals surface area contributed by atoms with E-state index in [2.05, 4.69) is 27.8 Å². The first-order chi connectivity index (χ1) is 6.18. The Balaban J connectivity index is 2.51. The molecule has 0 bridgehead atoms. The van der Waals surface area contributed by atoms with E-state index in [1.807, 2.05) is 0 Å². The summed E-state index contributed by atoms with van der Waals surface area (Å²) in [6.07, 6.45) is 1.70. The fraction of sp³-hybridized carbons (Fsp3) is 0.571. The zero-order valence-corrected chi connectivity index (χ0v) is 7.39. The quantitative estimate of drug-likeness (QED) is 0.265. The molecule has 0 unspecified atom stereocenters. The summed E-state index contributed by atoms with van der Waals surface area (Å²) >= 11 is 0. The van der Waals surface area contributed by atoms with Gasteiger partial charge in [0.15, 0.2) is 0 Å². The molecule has 0 atom stereocenters. The Labute approximate surface area is 76.9 Å². The molecule has 6 nitrogen and oxygen atoms in total. The minimum Gasteiger partial charge on any atom is -0.352 e. The number of hydrogen-bond acceptors (Lipinski definition) is 4. The van der Waals surface area contributed by atoms with Crippen molar-refractivity contribution in [3.63, 3.8) is 0 Å². The lowest BCUT2D eigenvalue weighted by Gasteiger charge is -2.30. The van der Waals surface area contributed by atoms with E-state index in [1.165, 1.54) is 0 Å². The molecule has 0 saturated carbocycles. The van der Waals surface area contributed by atoms with Gasteiger partial charge in [0.05, 0.1) is 0 Å². The zero-order valence-electron chi connectivity index (χ0n) is 7.39. The van der Waals surface area contributed by atoms with E-state index in [9.17, 15) is 4.79 Å². The molecule has 1 aliphatic rings. The molecule has 0 spiro atoms. The summed E-state index contributed by atoms with van der Waals surface area (Å²) in [5.41, 5.74) is 5.03. The molecule has 6 N–H and O–H groups in total. The van der Waals surface area contributed by atoms with Crippen LogP contribution in [0, 0.1) is 0 Å².